The third kappa shape index (κ3) is 6.58. The minimum absolute atomic E-state index is 0.249. The average molecular weight is 296 g/mol. The molecule has 1 aromatic rings. The van der Waals surface area contributed by atoms with E-state index in [4.69, 9.17) is 0 Å². The van der Waals surface area contributed by atoms with E-state index in [0.717, 1.165) is 12.3 Å². The van der Waals surface area contributed by atoms with Crippen LogP contribution >= 0.6 is 11.8 Å². The van der Waals surface area contributed by atoms with Crippen LogP contribution in [0.1, 0.15) is 6.92 Å². The Morgan fingerprint density at radius 3 is 2.60 bits per heavy atom. The summed E-state index contributed by atoms with van der Waals surface area (Å²) >= 11 is 1.73. The zero-order valence-electron chi connectivity index (χ0n) is 11.7. The van der Waals surface area contributed by atoms with Gasteiger partial charge in [-0.2, -0.15) is 0 Å². The van der Waals surface area contributed by atoms with E-state index < -0.39 is 12.0 Å². The quantitative estimate of drug-likeness (QED) is 0.426. The molecule has 0 aliphatic heterocycles. The van der Waals surface area contributed by atoms with Gasteiger partial charge in [0.2, 0.25) is 5.91 Å². The number of thioether (sulfide) groups is 1. The number of carbonyl (C=O) groups is 2. The monoisotopic (exact) mass is 296 g/mol. The van der Waals surface area contributed by atoms with E-state index in [0.29, 0.717) is 6.54 Å². The molecule has 0 heterocycles. The standard InChI is InChI=1S/C14H20N2O3S/c1-11(17)16-13(14(18)19-2)10-15-8-9-20-12-6-4-3-5-7-12/h3-7,13,15H,8-10H2,1-2H3,(H,16,17). The average Bonchev–Trinajstić information content (AvgIpc) is 2.45. The molecule has 1 aromatic carbocycles. The first kappa shape index (κ1) is 16.5. The Balaban J connectivity index is 2.23. The highest BCUT2D eigenvalue weighted by molar-refractivity contribution is 7.99. The number of hydrogen-bond acceptors (Lipinski definition) is 5. The molecule has 2 N–H and O–H groups in total. The zero-order valence-corrected chi connectivity index (χ0v) is 12.5. The van der Waals surface area contributed by atoms with E-state index in [1.165, 1.54) is 18.9 Å². The summed E-state index contributed by atoms with van der Waals surface area (Å²) in [5.41, 5.74) is 0. The molecule has 0 bridgehead atoms. The van der Waals surface area contributed by atoms with Gasteiger partial charge in [0.25, 0.3) is 0 Å². The molecule has 1 unspecified atom stereocenters. The maximum Gasteiger partial charge on any atom is 0.329 e. The topological polar surface area (TPSA) is 67.4 Å². The summed E-state index contributed by atoms with van der Waals surface area (Å²) in [7, 11) is 1.31. The molecule has 20 heavy (non-hydrogen) atoms. The van der Waals surface area contributed by atoms with Crippen molar-refractivity contribution in [3.63, 3.8) is 0 Å². The van der Waals surface area contributed by atoms with Crippen LogP contribution in [-0.2, 0) is 14.3 Å². The minimum atomic E-state index is -0.640. The lowest BCUT2D eigenvalue weighted by Gasteiger charge is -2.15. The van der Waals surface area contributed by atoms with Crippen molar-refractivity contribution in [2.45, 2.75) is 17.9 Å². The number of amides is 1. The summed E-state index contributed by atoms with van der Waals surface area (Å²) in [6, 6.07) is 9.45. The second kappa shape index (κ2) is 9.39. The first-order valence-corrected chi connectivity index (χ1v) is 7.35. The fourth-order valence-corrected chi connectivity index (χ4v) is 2.42. The highest BCUT2D eigenvalue weighted by atomic mass is 32.2. The summed E-state index contributed by atoms with van der Waals surface area (Å²) in [6.45, 7) is 2.48. The first-order chi connectivity index (χ1) is 9.63. The molecule has 0 spiro atoms. The van der Waals surface area contributed by atoms with E-state index >= 15 is 0 Å². The number of carbonyl (C=O) groups excluding carboxylic acids is 2. The van der Waals surface area contributed by atoms with Gasteiger partial charge in [0, 0.05) is 30.7 Å². The van der Waals surface area contributed by atoms with Crippen LogP contribution in [0.4, 0.5) is 0 Å². The summed E-state index contributed by atoms with van der Waals surface area (Å²) in [5, 5.41) is 5.70. The lowest BCUT2D eigenvalue weighted by Crippen LogP contribution is -2.47. The molecule has 0 saturated carbocycles. The third-order valence-corrected chi connectivity index (χ3v) is 3.52. The van der Waals surface area contributed by atoms with Crippen LogP contribution in [0.2, 0.25) is 0 Å². The Hall–Kier alpha value is -1.53. The smallest absolute Gasteiger partial charge is 0.329 e. The molecule has 5 nitrogen and oxygen atoms in total. The molecule has 0 radical (unpaired) electrons. The van der Waals surface area contributed by atoms with Crippen molar-refractivity contribution in [2.75, 3.05) is 26.0 Å². The minimum Gasteiger partial charge on any atom is -0.467 e. The van der Waals surface area contributed by atoms with E-state index in [1.54, 1.807) is 11.8 Å². The lowest BCUT2D eigenvalue weighted by atomic mass is 10.3. The highest BCUT2D eigenvalue weighted by Crippen LogP contribution is 2.15. The Morgan fingerprint density at radius 1 is 1.30 bits per heavy atom. The number of esters is 1. The van der Waals surface area contributed by atoms with Crippen molar-refractivity contribution in [1.29, 1.82) is 0 Å². The lowest BCUT2D eigenvalue weighted by molar-refractivity contribution is -0.144. The fourth-order valence-electron chi connectivity index (χ4n) is 1.59. The van der Waals surface area contributed by atoms with Gasteiger partial charge in [0.15, 0.2) is 0 Å². The zero-order chi connectivity index (χ0) is 14.8. The van der Waals surface area contributed by atoms with Gasteiger partial charge in [-0.05, 0) is 12.1 Å². The molecule has 6 heteroatoms. The first-order valence-electron chi connectivity index (χ1n) is 6.37. The van der Waals surface area contributed by atoms with Crippen LogP contribution in [0.25, 0.3) is 0 Å². The number of nitrogens with one attached hydrogen (secondary N) is 2. The number of hydrogen-bond donors (Lipinski definition) is 2. The molecule has 0 aliphatic rings. The number of ether oxygens (including phenoxy) is 1. The van der Waals surface area contributed by atoms with E-state index in [1.807, 2.05) is 18.2 Å². The second-order valence-corrected chi connectivity index (χ2v) is 5.31. The van der Waals surface area contributed by atoms with Crippen LogP contribution < -0.4 is 10.6 Å². The number of benzene rings is 1. The van der Waals surface area contributed by atoms with Crippen molar-refractivity contribution in [1.82, 2.24) is 10.6 Å². The van der Waals surface area contributed by atoms with Crippen molar-refractivity contribution in [3.8, 4) is 0 Å². The largest absolute Gasteiger partial charge is 0.467 e. The summed E-state index contributed by atoms with van der Waals surface area (Å²) in [4.78, 5) is 23.7. The summed E-state index contributed by atoms with van der Waals surface area (Å²) < 4.78 is 4.64. The summed E-state index contributed by atoms with van der Waals surface area (Å²) in [6.07, 6.45) is 0. The molecule has 1 rings (SSSR count). The van der Waals surface area contributed by atoms with Gasteiger partial charge in [0.05, 0.1) is 7.11 Å². The Bertz CT molecular complexity index is 426. The summed E-state index contributed by atoms with van der Waals surface area (Å²) in [5.74, 6) is 0.196. The van der Waals surface area contributed by atoms with Gasteiger partial charge in [-0.3, -0.25) is 4.79 Å². The maximum atomic E-state index is 11.5. The Kier molecular flexibility index (Phi) is 7.75. The van der Waals surface area contributed by atoms with Crippen LogP contribution in [-0.4, -0.2) is 43.9 Å². The number of methoxy groups -OCH3 is 1. The van der Waals surface area contributed by atoms with Crippen LogP contribution in [0.5, 0.6) is 0 Å². The molecule has 0 aromatic heterocycles. The molecule has 1 atom stereocenters. The SMILES string of the molecule is COC(=O)C(CNCCSc1ccccc1)NC(C)=O. The van der Waals surface area contributed by atoms with Crippen molar-refractivity contribution in [2.24, 2.45) is 0 Å². The van der Waals surface area contributed by atoms with Gasteiger partial charge in [-0.1, -0.05) is 18.2 Å². The molecule has 0 fully saturated rings. The van der Waals surface area contributed by atoms with Gasteiger partial charge in [-0.15, -0.1) is 11.8 Å². The molecule has 0 aliphatic carbocycles. The Morgan fingerprint density at radius 2 is 2.00 bits per heavy atom. The predicted octanol–water partition coefficient (Wildman–Crippen LogP) is 1.05. The predicted molar refractivity (Wildman–Crippen MR) is 79.7 cm³/mol. The van der Waals surface area contributed by atoms with E-state index in [2.05, 4.69) is 27.5 Å². The van der Waals surface area contributed by atoms with Crippen LogP contribution in [0.3, 0.4) is 0 Å². The molecule has 110 valence electrons. The fraction of sp³-hybridized carbons (Fsp3) is 0.429. The number of rotatable bonds is 8. The van der Waals surface area contributed by atoms with Crippen LogP contribution in [0.15, 0.2) is 35.2 Å². The van der Waals surface area contributed by atoms with Crippen molar-refractivity contribution < 1.29 is 14.3 Å². The van der Waals surface area contributed by atoms with Gasteiger partial charge >= 0.3 is 5.97 Å². The van der Waals surface area contributed by atoms with Gasteiger partial charge in [-0.25, -0.2) is 4.79 Å². The van der Waals surface area contributed by atoms with Crippen molar-refractivity contribution >= 4 is 23.6 Å². The molecule has 0 saturated heterocycles. The molecular formula is C14H20N2O3S. The van der Waals surface area contributed by atoms with Gasteiger partial charge in [0.1, 0.15) is 6.04 Å². The van der Waals surface area contributed by atoms with Crippen molar-refractivity contribution in [3.05, 3.63) is 30.3 Å². The Labute approximate surface area is 123 Å². The third-order valence-electron chi connectivity index (χ3n) is 2.50. The normalized spacial score (nSPS) is 11.7. The highest BCUT2D eigenvalue weighted by Gasteiger charge is 2.19. The molecular weight excluding hydrogens is 276 g/mol. The maximum absolute atomic E-state index is 11.5. The molecule has 1 amide bonds. The van der Waals surface area contributed by atoms with Crippen LogP contribution in [0, 0.1) is 0 Å². The van der Waals surface area contributed by atoms with E-state index in [-0.39, 0.29) is 5.91 Å². The second-order valence-electron chi connectivity index (χ2n) is 4.14. The van der Waals surface area contributed by atoms with Gasteiger partial charge < -0.3 is 15.4 Å². The van der Waals surface area contributed by atoms with E-state index in [9.17, 15) is 9.59 Å².